The van der Waals surface area contributed by atoms with Crippen LogP contribution >= 0.6 is 0 Å². The van der Waals surface area contributed by atoms with Crippen LogP contribution in [0.5, 0.6) is 5.75 Å². The van der Waals surface area contributed by atoms with Crippen molar-refractivity contribution >= 4 is 17.8 Å². The summed E-state index contributed by atoms with van der Waals surface area (Å²) in [6, 6.07) is 24.1. The monoisotopic (exact) mass is 518 g/mol. The van der Waals surface area contributed by atoms with Gasteiger partial charge in [0.05, 0.1) is 5.92 Å². The highest BCUT2D eigenvalue weighted by molar-refractivity contribution is 5.92. The number of amides is 2. The molecule has 0 heterocycles. The number of hydrogen-bond acceptors (Lipinski definition) is 5. The molecule has 0 saturated carbocycles. The number of nitrogens with one attached hydrogen (secondary N) is 3. The quantitative estimate of drug-likeness (QED) is 0.0804. The number of aromatic hydroxyl groups is 1. The molecule has 11 nitrogen and oxygen atoms in total. The van der Waals surface area contributed by atoms with Gasteiger partial charge in [-0.1, -0.05) is 72.8 Å². The van der Waals surface area contributed by atoms with Crippen LogP contribution in [0.3, 0.4) is 0 Å². The molecule has 0 bridgehead atoms. The number of rotatable bonds is 12. The second-order valence-electron chi connectivity index (χ2n) is 8.49. The van der Waals surface area contributed by atoms with Gasteiger partial charge in [0.1, 0.15) is 16.9 Å². The molecule has 3 aromatic carbocycles. The van der Waals surface area contributed by atoms with Crippen LogP contribution in [-0.2, 0) is 16.1 Å². The zero-order chi connectivity index (χ0) is 27.3. The number of benzene rings is 3. The van der Waals surface area contributed by atoms with Crippen molar-refractivity contribution in [2.45, 2.75) is 31.3 Å². The van der Waals surface area contributed by atoms with Gasteiger partial charge in [-0.15, -0.1) is 0 Å². The fraction of sp³-hybridized carbons (Fsp3) is 0.222. The average molecular weight is 519 g/mol. The second kappa shape index (κ2) is 14.0. The summed E-state index contributed by atoms with van der Waals surface area (Å²) in [6.07, 6.45) is 0.606. The minimum atomic E-state index is -0.907. The van der Waals surface area contributed by atoms with Crippen LogP contribution < -0.4 is 21.7 Å². The van der Waals surface area contributed by atoms with Gasteiger partial charge in [0.15, 0.2) is 5.03 Å². The first kappa shape index (κ1) is 27.7. The Balaban J connectivity index is 1.74. The van der Waals surface area contributed by atoms with Crippen molar-refractivity contribution in [2.24, 2.45) is 10.8 Å². The summed E-state index contributed by atoms with van der Waals surface area (Å²) >= 11 is 0. The molecule has 0 aliphatic carbocycles. The third-order valence-corrected chi connectivity index (χ3v) is 5.73. The standard InChI is InChI=1S/C27H30N6O5/c28-27(32-33(37)38)29-17-7-12-23(25(35)30-18-19-13-15-22(34)16-14-19)31-26(36)24(20-8-3-1-4-9-20)21-10-5-2-6-11-21/h1-6,8-11,13-16,23-24,34H,7,12,17-18H2,(H,30,35)(H,31,36)(H3,28,29,32)/t23-/m1/s1. The zero-order valence-electron chi connectivity index (χ0n) is 20.6. The summed E-state index contributed by atoms with van der Waals surface area (Å²) in [4.78, 5) is 37.2. The Bertz CT molecular complexity index is 1200. The molecule has 0 aliphatic rings. The van der Waals surface area contributed by atoms with Crippen molar-refractivity contribution in [3.05, 3.63) is 112 Å². The van der Waals surface area contributed by atoms with E-state index in [2.05, 4.69) is 21.1 Å². The first-order valence-electron chi connectivity index (χ1n) is 12.0. The Kier molecular flexibility index (Phi) is 10.2. The fourth-order valence-corrected chi connectivity index (χ4v) is 3.88. The third kappa shape index (κ3) is 8.63. The van der Waals surface area contributed by atoms with Gasteiger partial charge in [-0.3, -0.25) is 9.59 Å². The minimum Gasteiger partial charge on any atom is -0.508 e. The summed E-state index contributed by atoms with van der Waals surface area (Å²) in [5, 5.41) is 30.3. The van der Waals surface area contributed by atoms with Gasteiger partial charge in [-0.25, -0.2) is 10.1 Å². The Hall–Kier alpha value is -4.93. The summed E-state index contributed by atoms with van der Waals surface area (Å²) in [5.41, 5.74) is 7.79. The van der Waals surface area contributed by atoms with Gasteiger partial charge in [0.2, 0.25) is 11.8 Å². The number of nitrogens with zero attached hydrogens (tertiary/aromatic N) is 2. The highest BCUT2D eigenvalue weighted by Crippen LogP contribution is 2.25. The van der Waals surface area contributed by atoms with Crippen molar-refractivity contribution in [3.8, 4) is 5.75 Å². The lowest BCUT2D eigenvalue weighted by Gasteiger charge is -2.23. The van der Waals surface area contributed by atoms with E-state index in [1.807, 2.05) is 60.7 Å². The van der Waals surface area contributed by atoms with Crippen molar-refractivity contribution in [1.82, 2.24) is 16.0 Å². The van der Waals surface area contributed by atoms with Crippen LogP contribution in [0.1, 0.15) is 35.4 Å². The molecule has 3 rings (SSSR count). The molecule has 0 saturated heterocycles. The Morgan fingerprint density at radius 1 is 0.895 bits per heavy atom. The highest BCUT2D eigenvalue weighted by atomic mass is 16.7. The van der Waals surface area contributed by atoms with Crippen LogP contribution in [-0.4, -0.2) is 40.5 Å². The molecular formula is C27H30N6O5. The van der Waals surface area contributed by atoms with E-state index in [4.69, 9.17) is 5.73 Å². The SMILES string of the molecule is N/C(=N/[N+](=O)[O-])NCCC[C@@H](NC(=O)C(c1ccccc1)c1ccccc1)C(=O)NCc1ccc(O)cc1. The Morgan fingerprint density at radius 2 is 1.47 bits per heavy atom. The largest absolute Gasteiger partial charge is 0.508 e. The molecule has 198 valence electrons. The van der Waals surface area contributed by atoms with Gasteiger partial charge in [0.25, 0.3) is 5.96 Å². The number of hydrogen-bond donors (Lipinski definition) is 5. The summed E-state index contributed by atoms with van der Waals surface area (Å²) in [6.45, 7) is 0.411. The van der Waals surface area contributed by atoms with Crippen LogP contribution in [0.4, 0.5) is 0 Å². The van der Waals surface area contributed by atoms with Crippen LogP contribution in [0, 0.1) is 10.1 Å². The van der Waals surface area contributed by atoms with E-state index in [9.17, 15) is 24.8 Å². The number of nitro groups is 1. The molecule has 6 N–H and O–H groups in total. The topological polar surface area (TPSA) is 172 Å². The second-order valence-corrected chi connectivity index (χ2v) is 8.49. The van der Waals surface area contributed by atoms with E-state index >= 15 is 0 Å². The number of hydrazone groups is 1. The third-order valence-electron chi connectivity index (χ3n) is 5.73. The van der Waals surface area contributed by atoms with Gasteiger partial charge in [0, 0.05) is 13.1 Å². The number of guanidine groups is 1. The van der Waals surface area contributed by atoms with Crippen molar-refractivity contribution in [3.63, 3.8) is 0 Å². The zero-order valence-corrected chi connectivity index (χ0v) is 20.6. The summed E-state index contributed by atoms with van der Waals surface area (Å²) < 4.78 is 0. The van der Waals surface area contributed by atoms with E-state index in [-0.39, 0.29) is 37.1 Å². The van der Waals surface area contributed by atoms with Gasteiger partial charge < -0.3 is 26.8 Å². The number of phenolic OH excluding ortho intramolecular Hbond substituents is 1. The molecule has 0 aliphatic heterocycles. The van der Waals surface area contributed by atoms with Gasteiger partial charge >= 0.3 is 0 Å². The number of nitrogens with two attached hydrogens (primary N) is 1. The minimum absolute atomic E-state index is 0.116. The Labute approximate surface area is 219 Å². The highest BCUT2D eigenvalue weighted by Gasteiger charge is 2.27. The number of carbonyl (C=O) groups is 2. The van der Waals surface area contributed by atoms with E-state index in [1.54, 1.807) is 12.1 Å². The first-order chi connectivity index (χ1) is 18.3. The lowest BCUT2D eigenvalue weighted by atomic mass is 9.90. The van der Waals surface area contributed by atoms with E-state index in [0.717, 1.165) is 16.7 Å². The van der Waals surface area contributed by atoms with E-state index < -0.39 is 22.9 Å². The normalized spacial score (nSPS) is 12.0. The number of phenols is 1. The van der Waals surface area contributed by atoms with Crippen molar-refractivity contribution in [2.75, 3.05) is 6.54 Å². The van der Waals surface area contributed by atoms with Gasteiger partial charge in [-0.05, 0) is 41.7 Å². The van der Waals surface area contributed by atoms with Crippen molar-refractivity contribution < 1.29 is 19.7 Å². The van der Waals surface area contributed by atoms with Gasteiger partial charge in [-0.2, -0.15) is 0 Å². The molecule has 0 fully saturated rings. The first-order valence-corrected chi connectivity index (χ1v) is 12.0. The molecule has 2 amide bonds. The van der Waals surface area contributed by atoms with Crippen LogP contribution in [0.15, 0.2) is 90.0 Å². The Morgan fingerprint density at radius 3 is 2.03 bits per heavy atom. The maximum absolute atomic E-state index is 13.6. The lowest BCUT2D eigenvalue weighted by molar-refractivity contribution is -0.485. The molecule has 0 aromatic heterocycles. The van der Waals surface area contributed by atoms with E-state index in [0.29, 0.717) is 6.42 Å². The molecular weight excluding hydrogens is 488 g/mol. The molecule has 0 unspecified atom stereocenters. The maximum Gasteiger partial charge on any atom is 0.266 e. The predicted molar refractivity (Wildman–Crippen MR) is 142 cm³/mol. The molecule has 0 radical (unpaired) electrons. The maximum atomic E-state index is 13.6. The fourth-order valence-electron chi connectivity index (χ4n) is 3.88. The molecule has 3 aromatic rings. The van der Waals surface area contributed by atoms with Crippen LogP contribution in [0.2, 0.25) is 0 Å². The number of carbonyl (C=O) groups excluding carboxylic acids is 2. The molecule has 0 spiro atoms. The summed E-state index contributed by atoms with van der Waals surface area (Å²) in [5.74, 6) is -1.59. The summed E-state index contributed by atoms with van der Waals surface area (Å²) in [7, 11) is 0. The van der Waals surface area contributed by atoms with E-state index in [1.165, 1.54) is 12.1 Å². The smallest absolute Gasteiger partial charge is 0.266 e. The lowest BCUT2D eigenvalue weighted by Crippen LogP contribution is -2.48. The van der Waals surface area contributed by atoms with Crippen molar-refractivity contribution in [1.29, 1.82) is 0 Å². The average Bonchev–Trinajstić information content (AvgIpc) is 2.91. The molecule has 11 heteroatoms. The molecule has 38 heavy (non-hydrogen) atoms. The predicted octanol–water partition coefficient (Wildman–Crippen LogP) is 2.20. The molecule has 1 atom stereocenters. The van der Waals surface area contributed by atoms with Crippen LogP contribution in [0.25, 0.3) is 0 Å².